The number of benzene rings is 1. The zero-order valence-electron chi connectivity index (χ0n) is 7.42. The summed E-state index contributed by atoms with van der Waals surface area (Å²) in [6, 6.07) is 4.23. The Hall–Kier alpha value is -0.690. The number of carbonyl (C=O) groups is 1. The van der Waals surface area contributed by atoms with Crippen molar-refractivity contribution in [2.24, 2.45) is 5.73 Å². The summed E-state index contributed by atoms with van der Waals surface area (Å²) in [6.45, 7) is 1.34. The molecule has 0 aliphatic heterocycles. The summed E-state index contributed by atoms with van der Waals surface area (Å²) < 4.78 is 13.4. The molecule has 1 atom stereocenters. The number of hydrogen-bond acceptors (Lipinski definition) is 2. The minimum atomic E-state index is -1.56. The van der Waals surface area contributed by atoms with Gasteiger partial charge in [-0.05, 0) is 41.1 Å². The lowest BCUT2D eigenvalue weighted by Crippen LogP contribution is -2.42. The predicted octanol–water partition coefficient (Wildman–Crippen LogP) is 1.69. The summed E-state index contributed by atoms with van der Waals surface area (Å²) in [5.41, 5.74) is 4.31. The molecule has 0 spiro atoms. The Morgan fingerprint density at radius 2 is 2.21 bits per heavy atom. The van der Waals surface area contributed by atoms with Crippen molar-refractivity contribution in [3.05, 3.63) is 33.1 Å². The van der Waals surface area contributed by atoms with Gasteiger partial charge >= 0.3 is 5.97 Å². The number of nitrogens with two attached hydrogens (primary N) is 1. The van der Waals surface area contributed by atoms with E-state index < -0.39 is 17.3 Å². The van der Waals surface area contributed by atoms with Crippen molar-refractivity contribution < 1.29 is 14.3 Å². The van der Waals surface area contributed by atoms with Crippen LogP contribution in [-0.4, -0.2) is 11.1 Å². The summed E-state index contributed by atoms with van der Waals surface area (Å²) in [4.78, 5) is 10.8. The highest BCUT2D eigenvalue weighted by molar-refractivity contribution is 14.1. The second kappa shape index (κ2) is 3.82. The van der Waals surface area contributed by atoms with Crippen LogP contribution in [-0.2, 0) is 10.3 Å². The molecule has 0 aliphatic carbocycles. The highest BCUT2D eigenvalue weighted by atomic mass is 127. The van der Waals surface area contributed by atoms with Crippen molar-refractivity contribution >= 4 is 28.6 Å². The van der Waals surface area contributed by atoms with Gasteiger partial charge in [0.15, 0.2) is 0 Å². The summed E-state index contributed by atoms with van der Waals surface area (Å²) in [5, 5.41) is 8.86. The molecule has 0 radical (unpaired) electrons. The van der Waals surface area contributed by atoms with E-state index in [-0.39, 0.29) is 9.13 Å². The molecule has 0 saturated carbocycles. The standard InChI is InChI=1S/C9H9FINO2/c1-9(12,8(13)14)5-3-2-4-6(10)7(5)11/h2-4H,12H2,1H3,(H,13,14)/t9-/m0/s1. The maximum Gasteiger partial charge on any atom is 0.328 e. The van der Waals surface area contributed by atoms with Crippen molar-refractivity contribution in [3.63, 3.8) is 0 Å². The normalized spacial score (nSPS) is 14.9. The Morgan fingerprint density at radius 3 is 2.71 bits per heavy atom. The average molecular weight is 309 g/mol. The minimum Gasteiger partial charge on any atom is -0.480 e. The summed E-state index contributed by atoms with van der Waals surface area (Å²) in [6.07, 6.45) is 0. The minimum absolute atomic E-state index is 0.248. The van der Waals surface area contributed by atoms with Crippen LogP contribution in [0.2, 0.25) is 0 Å². The first-order valence-corrected chi connectivity index (χ1v) is 4.92. The van der Waals surface area contributed by atoms with E-state index in [1.807, 2.05) is 0 Å². The van der Waals surface area contributed by atoms with E-state index in [4.69, 9.17) is 10.8 Å². The molecule has 0 heterocycles. The zero-order valence-corrected chi connectivity index (χ0v) is 9.58. The van der Waals surface area contributed by atoms with Crippen LogP contribution >= 0.6 is 22.6 Å². The predicted molar refractivity (Wildman–Crippen MR) is 58.3 cm³/mol. The van der Waals surface area contributed by atoms with E-state index in [9.17, 15) is 9.18 Å². The molecule has 76 valence electrons. The molecule has 1 rings (SSSR count). The van der Waals surface area contributed by atoms with Gasteiger partial charge in [-0.3, -0.25) is 0 Å². The van der Waals surface area contributed by atoms with Gasteiger partial charge in [0, 0.05) is 0 Å². The van der Waals surface area contributed by atoms with Gasteiger partial charge in [0.1, 0.15) is 11.4 Å². The number of rotatable bonds is 2. The Morgan fingerprint density at radius 1 is 1.64 bits per heavy atom. The van der Waals surface area contributed by atoms with E-state index in [2.05, 4.69) is 0 Å². The highest BCUT2D eigenvalue weighted by Crippen LogP contribution is 2.25. The second-order valence-corrected chi connectivity index (χ2v) is 4.19. The van der Waals surface area contributed by atoms with Crippen molar-refractivity contribution in [3.8, 4) is 0 Å². The van der Waals surface area contributed by atoms with Crippen LogP contribution in [0, 0.1) is 9.39 Å². The third-order valence-corrected chi connectivity index (χ3v) is 3.05. The topological polar surface area (TPSA) is 63.3 Å². The molecule has 3 nitrogen and oxygen atoms in total. The van der Waals surface area contributed by atoms with Gasteiger partial charge < -0.3 is 10.8 Å². The van der Waals surface area contributed by atoms with Gasteiger partial charge in [0.25, 0.3) is 0 Å². The van der Waals surface area contributed by atoms with E-state index >= 15 is 0 Å². The van der Waals surface area contributed by atoms with Crippen LogP contribution in [0.25, 0.3) is 0 Å². The van der Waals surface area contributed by atoms with Crippen molar-refractivity contribution in [2.75, 3.05) is 0 Å². The van der Waals surface area contributed by atoms with Gasteiger partial charge in [-0.25, -0.2) is 9.18 Å². The monoisotopic (exact) mass is 309 g/mol. The lowest BCUT2D eigenvalue weighted by atomic mass is 9.93. The Balaban J connectivity index is 3.33. The molecular formula is C9H9FINO2. The van der Waals surface area contributed by atoms with Crippen molar-refractivity contribution in [2.45, 2.75) is 12.5 Å². The summed E-state index contributed by atoms with van der Waals surface area (Å²) in [5.74, 6) is -1.64. The molecule has 0 bridgehead atoms. The molecule has 1 aromatic carbocycles. The molecule has 0 amide bonds. The Kier molecular flexibility index (Phi) is 3.10. The van der Waals surface area contributed by atoms with E-state index in [0.29, 0.717) is 0 Å². The van der Waals surface area contributed by atoms with E-state index in [1.54, 1.807) is 22.6 Å². The third-order valence-electron chi connectivity index (χ3n) is 1.96. The maximum absolute atomic E-state index is 13.1. The molecule has 0 saturated heterocycles. The SMILES string of the molecule is C[C@@](N)(C(=O)O)c1cccc(F)c1I. The number of carboxylic acid groups (broad SMARTS) is 1. The van der Waals surface area contributed by atoms with Crippen molar-refractivity contribution in [1.29, 1.82) is 0 Å². The highest BCUT2D eigenvalue weighted by Gasteiger charge is 2.32. The third kappa shape index (κ3) is 1.88. The molecule has 14 heavy (non-hydrogen) atoms. The smallest absolute Gasteiger partial charge is 0.328 e. The van der Waals surface area contributed by atoms with Gasteiger partial charge in [0.05, 0.1) is 3.57 Å². The molecule has 0 aliphatic rings. The van der Waals surface area contributed by atoms with Gasteiger partial charge in [-0.1, -0.05) is 12.1 Å². The quantitative estimate of drug-likeness (QED) is 0.817. The van der Waals surface area contributed by atoms with Crippen LogP contribution in [0.4, 0.5) is 4.39 Å². The molecule has 0 unspecified atom stereocenters. The number of halogens is 2. The molecule has 0 fully saturated rings. The molecule has 0 aromatic heterocycles. The average Bonchev–Trinajstić information content (AvgIpc) is 2.09. The van der Waals surface area contributed by atoms with Crippen LogP contribution < -0.4 is 5.73 Å². The first-order valence-electron chi connectivity index (χ1n) is 3.84. The van der Waals surface area contributed by atoms with E-state index in [1.165, 1.54) is 25.1 Å². The van der Waals surface area contributed by atoms with Gasteiger partial charge in [-0.15, -0.1) is 0 Å². The Bertz CT molecular complexity index is 379. The van der Waals surface area contributed by atoms with Crippen molar-refractivity contribution in [1.82, 2.24) is 0 Å². The summed E-state index contributed by atoms with van der Waals surface area (Å²) in [7, 11) is 0. The van der Waals surface area contributed by atoms with Gasteiger partial charge in [-0.2, -0.15) is 0 Å². The Labute approximate surface area is 94.2 Å². The molecule has 1 aromatic rings. The largest absolute Gasteiger partial charge is 0.480 e. The number of carboxylic acids is 1. The maximum atomic E-state index is 13.1. The molecule has 5 heteroatoms. The van der Waals surface area contributed by atoms with Gasteiger partial charge in [0.2, 0.25) is 0 Å². The molecule has 3 N–H and O–H groups in total. The van der Waals surface area contributed by atoms with Crippen LogP contribution in [0.15, 0.2) is 18.2 Å². The first kappa shape index (κ1) is 11.4. The fraction of sp³-hybridized carbons (Fsp3) is 0.222. The van der Waals surface area contributed by atoms with Crippen LogP contribution in [0.5, 0.6) is 0 Å². The molecular weight excluding hydrogens is 300 g/mol. The number of aliphatic carboxylic acids is 1. The summed E-state index contributed by atoms with van der Waals surface area (Å²) >= 11 is 1.75. The zero-order chi connectivity index (χ0) is 10.9. The van der Waals surface area contributed by atoms with E-state index in [0.717, 1.165) is 0 Å². The fourth-order valence-corrected chi connectivity index (χ4v) is 1.94. The fourth-order valence-electron chi connectivity index (χ4n) is 1.02. The lowest BCUT2D eigenvalue weighted by molar-refractivity contribution is -0.143. The second-order valence-electron chi connectivity index (χ2n) is 3.11. The van der Waals surface area contributed by atoms with Crippen LogP contribution in [0.1, 0.15) is 12.5 Å². The number of hydrogen-bond donors (Lipinski definition) is 2. The van der Waals surface area contributed by atoms with Crippen LogP contribution in [0.3, 0.4) is 0 Å². The first-order chi connectivity index (χ1) is 6.37. The lowest BCUT2D eigenvalue weighted by Gasteiger charge is -2.21.